The predicted octanol–water partition coefficient (Wildman–Crippen LogP) is 4.28. The molecule has 0 saturated heterocycles. The summed E-state index contributed by atoms with van der Waals surface area (Å²) in [4.78, 5) is 2.23. The summed E-state index contributed by atoms with van der Waals surface area (Å²) in [6.07, 6.45) is 0.818. The minimum absolute atomic E-state index is 0.156. The summed E-state index contributed by atoms with van der Waals surface area (Å²) in [7, 11) is 2.09. The smallest absolute Gasteiger partial charge is 0.0483 e. The van der Waals surface area contributed by atoms with Gasteiger partial charge in [0.1, 0.15) is 0 Å². The molecule has 2 rings (SSSR count). The number of rotatable bonds is 8. The largest absolute Gasteiger partial charge is 0.396 e. The third-order valence-electron chi connectivity index (χ3n) is 4.30. The van der Waals surface area contributed by atoms with Crippen LogP contribution in [0.5, 0.6) is 0 Å². The zero-order valence-electron chi connectivity index (χ0n) is 14.2. The number of aliphatic hydroxyl groups excluding tert-OH is 1. The lowest BCUT2D eigenvalue weighted by molar-refractivity contribution is 0.238. The summed E-state index contributed by atoms with van der Waals surface area (Å²) in [6.45, 7) is 7.69. The Balaban J connectivity index is 2.25. The lowest BCUT2D eigenvalue weighted by Crippen LogP contribution is -2.27. The van der Waals surface area contributed by atoms with Crippen molar-refractivity contribution in [3.63, 3.8) is 0 Å². The van der Waals surface area contributed by atoms with Crippen LogP contribution in [-0.4, -0.2) is 30.2 Å². The summed E-state index contributed by atoms with van der Waals surface area (Å²) in [5.41, 5.74) is 3.60. The number of nitrogens with zero attached hydrogens (tertiary/aromatic N) is 1. The highest BCUT2D eigenvalue weighted by Crippen LogP contribution is 2.32. The van der Waals surface area contributed by atoms with Gasteiger partial charge in [0, 0.05) is 31.8 Å². The van der Waals surface area contributed by atoms with E-state index < -0.39 is 0 Å². The fourth-order valence-corrected chi connectivity index (χ4v) is 2.99. The van der Waals surface area contributed by atoms with Crippen molar-refractivity contribution < 1.29 is 5.11 Å². The topological polar surface area (TPSA) is 23.5 Å². The highest BCUT2D eigenvalue weighted by Gasteiger charge is 2.21. The molecule has 0 amide bonds. The van der Waals surface area contributed by atoms with Gasteiger partial charge in [-0.2, -0.15) is 0 Å². The normalized spacial score (nSPS) is 12.2. The lowest BCUT2D eigenvalue weighted by atomic mass is 9.88. The lowest BCUT2D eigenvalue weighted by Gasteiger charge is -2.31. The molecule has 2 heteroatoms. The van der Waals surface area contributed by atoms with Gasteiger partial charge in [-0.3, -0.25) is 0 Å². The maximum absolute atomic E-state index is 9.11. The van der Waals surface area contributed by atoms with Gasteiger partial charge in [-0.05, 0) is 23.5 Å². The van der Waals surface area contributed by atoms with Gasteiger partial charge in [-0.15, -0.1) is 0 Å². The van der Waals surface area contributed by atoms with Gasteiger partial charge in [0.2, 0.25) is 0 Å². The molecule has 0 spiro atoms. The Morgan fingerprint density at radius 3 is 1.91 bits per heavy atom. The predicted molar refractivity (Wildman–Crippen MR) is 97.4 cm³/mol. The van der Waals surface area contributed by atoms with Gasteiger partial charge in [0.05, 0.1) is 0 Å². The molecule has 0 aromatic heterocycles. The summed E-state index contributed by atoms with van der Waals surface area (Å²) < 4.78 is 0. The van der Waals surface area contributed by atoms with Crippen molar-refractivity contribution in [3.8, 4) is 0 Å². The van der Waals surface area contributed by atoms with Crippen LogP contribution in [0.4, 0.5) is 0 Å². The van der Waals surface area contributed by atoms with E-state index in [0.717, 1.165) is 18.7 Å². The van der Waals surface area contributed by atoms with Crippen molar-refractivity contribution in [2.24, 2.45) is 5.92 Å². The Labute approximate surface area is 140 Å². The van der Waals surface area contributed by atoms with Crippen molar-refractivity contribution in [1.29, 1.82) is 0 Å². The van der Waals surface area contributed by atoms with Crippen LogP contribution in [0, 0.1) is 5.92 Å². The van der Waals surface area contributed by atoms with Crippen molar-refractivity contribution in [2.45, 2.75) is 19.3 Å². The van der Waals surface area contributed by atoms with E-state index in [1.807, 2.05) is 12.1 Å². The molecular weight excluding hydrogens is 282 g/mol. The molecule has 2 nitrogen and oxygen atoms in total. The third-order valence-corrected chi connectivity index (χ3v) is 4.30. The van der Waals surface area contributed by atoms with Crippen LogP contribution in [0.25, 0.3) is 0 Å². The fraction of sp³-hybridized carbons (Fsp3) is 0.333. The van der Waals surface area contributed by atoms with Gasteiger partial charge >= 0.3 is 0 Å². The molecular formula is C21H27NO. The Kier molecular flexibility index (Phi) is 6.42. The molecule has 0 bridgehead atoms. The molecule has 1 N–H and O–H groups in total. The van der Waals surface area contributed by atoms with Crippen LogP contribution >= 0.6 is 0 Å². The quantitative estimate of drug-likeness (QED) is 0.786. The average Bonchev–Trinajstić information content (AvgIpc) is 2.57. The van der Waals surface area contributed by atoms with Crippen molar-refractivity contribution >= 4 is 0 Å². The van der Waals surface area contributed by atoms with E-state index in [2.05, 4.69) is 74.0 Å². The first-order valence-corrected chi connectivity index (χ1v) is 8.24. The second-order valence-electron chi connectivity index (χ2n) is 6.24. The first-order chi connectivity index (χ1) is 11.1. The third kappa shape index (κ3) is 4.70. The molecule has 0 heterocycles. The van der Waals surface area contributed by atoms with Crippen molar-refractivity contribution in [1.82, 2.24) is 4.90 Å². The van der Waals surface area contributed by atoms with Crippen LogP contribution < -0.4 is 0 Å². The SMILES string of the molecule is C=C(C(c1ccccc1)c1ccccc1)N(C)CC(C)CCO. The first-order valence-electron chi connectivity index (χ1n) is 8.24. The molecule has 0 fully saturated rings. The maximum atomic E-state index is 9.11. The van der Waals surface area contributed by atoms with E-state index in [1.165, 1.54) is 11.1 Å². The maximum Gasteiger partial charge on any atom is 0.0483 e. The van der Waals surface area contributed by atoms with Gasteiger partial charge in [-0.25, -0.2) is 0 Å². The molecule has 0 aliphatic heterocycles. The molecule has 0 saturated carbocycles. The molecule has 0 aliphatic carbocycles. The molecule has 23 heavy (non-hydrogen) atoms. The number of likely N-dealkylation sites (N-methyl/N-ethyl adjacent to an activating group) is 1. The van der Waals surface area contributed by atoms with Crippen LogP contribution in [-0.2, 0) is 0 Å². The van der Waals surface area contributed by atoms with Gasteiger partial charge in [0.15, 0.2) is 0 Å². The Bertz CT molecular complexity index is 554. The molecule has 1 atom stereocenters. The Hall–Kier alpha value is -2.06. The second-order valence-corrected chi connectivity index (χ2v) is 6.24. The van der Waals surface area contributed by atoms with Crippen LogP contribution in [0.2, 0.25) is 0 Å². The molecule has 2 aromatic rings. The average molecular weight is 309 g/mol. The summed E-state index contributed by atoms with van der Waals surface area (Å²) in [5.74, 6) is 0.595. The highest BCUT2D eigenvalue weighted by atomic mass is 16.3. The summed E-state index contributed by atoms with van der Waals surface area (Å²) >= 11 is 0. The molecule has 122 valence electrons. The van der Waals surface area contributed by atoms with Crippen molar-refractivity contribution in [2.75, 3.05) is 20.2 Å². The minimum atomic E-state index is 0.156. The summed E-state index contributed by atoms with van der Waals surface area (Å²) in [6, 6.07) is 21.0. The molecule has 2 aromatic carbocycles. The molecule has 1 unspecified atom stereocenters. The van der Waals surface area contributed by atoms with E-state index >= 15 is 0 Å². The van der Waals surface area contributed by atoms with E-state index in [4.69, 9.17) is 5.11 Å². The fourth-order valence-electron chi connectivity index (χ4n) is 2.99. The molecule has 0 radical (unpaired) electrons. The number of hydrogen-bond donors (Lipinski definition) is 1. The highest BCUT2D eigenvalue weighted by molar-refractivity contribution is 5.39. The number of benzene rings is 2. The zero-order chi connectivity index (χ0) is 16.7. The Morgan fingerprint density at radius 2 is 1.48 bits per heavy atom. The minimum Gasteiger partial charge on any atom is -0.396 e. The van der Waals surface area contributed by atoms with Crippen LogP contribution in [0.15, 0.2) is 72.9 Å². The van der Waals surface area contributed by atoms with Gasteiger partial charge < -0.3 is 10.0 Å². The number of allylic oxidation sites excluding steroid dienone is 1. The number of hydrogen-bond acceptors (Lipinski definition) is 2. The monoisotopic (exact) mass is 309 g/mol. The Morgan fingerprint density at radius 1 is 1.00 bits per heavy atom. The zero-order valence-corrected chi connectivity index (χ0v) is 14.2. The molecule has 0 aliphatic rings. The van der Waals surface area contributed by atoms with Gasteiger partial charge in [-0.1, -0.05) is 74.2 Å². The summed E-state index contributed by atoms with van der Waals surface area (Å²) in [5, 5.41) is 9.11. The van der Waals surface area contributed by atoms with Crippen LogP contribution in [0.3, 0.4) is 0 Å². The van der Waals surface area contributed by atoms with E-state index in [-0.39, 0.29) is 12.5 Å². The van der Waals surface area contributed by atoms with E-state index in [1.54, 1.807) is 0 Å². The standard InChI is InChI=1S/C21H27NO/c1-17(14-15-23)16-22(3)18(2)21(19-10-6-4-7-11-19)20-12-8-5-9-13-20/h4-13,17,21,23H,2,14-16H2,1,3H3. The first kappa shape index (κ1) is 17.3. The van der Waals surface area contributed by atoms with E-state index in [9.17, 15) is 0 Å². The van der Waals surface area contributed by atoms with Gasteiger partial charge in [0.25, 0.3) is 0 Å². The van der Waals surface area contributed by atoms with Crippen LogP contribution in [0.1, 0.15) is 30.4 Å². The van der Waals surface area contributed by atoms with Crippen molar-refractivity contribution in [3.05, 3.63) is 84.1 Å². The van der Waals surface area contributed by atoms with E-state index in [0.29, 0.717) is 5.92 Å². The second kappa shape index (κ2) is 8.54. The number of aliphatic hydroxyl groups is 1.